The number of rotatable bonds is 10. The first-order valence-corrected chi connectivity index (χ1v) is 9.92. The average molecular weight is 411 g/mol. The van der Waals surface area contributed by atoms with E-state index >= 15 is 0 Å². The van der Waals surface area contributed by atoms with Gasteiger partial charge in [0.25, 0.3) is 0 Å². The molecule has 0 spiro atoms. The maximum Gasteiger partial charge on any atom is 0.416 e. The summed E-state index contributed by atoms with van der Waals surface area (Å²) in [7, 11) is 0. The van der Waals surface area contributed by atoms with Crippen molar-refractivity contribution in [2.75, 3.05) is 13.2 Å². The molecule has 2 unspecified atom stereocenters. The Kier molecular flexibility index (Phi) is 7.57. The zero-order valence-electron chi connectivity index (χ0n) is 16.6. The number of ether oxygens (including phenoxy) is 2. The standard InChI is InChI=1S/C23H25NO6/c25-21(26)14-19(11-12-29-15-18-9-5-2-6-10-18)22(27)24-20(16-30-23(24)28)13-17-7-3-1-4-8-17/h1-10,19-20H,11-16H2,(H,25,26). The second-order valence-electron chi connectivity index (χ2n) is 7.25. The second kappa shape index (κ2) is 10.5. The van der Waals surface area contributed by atoms with E-state index in [1.807, 2.05) is 60.7 Å². The first-order chi connectivity index (χ1) is 14.5. The fourth-order valence-corrected chi connectivity index (χ4v) is 3.48. The molecule has 2 atom stereocenters. The van der Waals surface area contributed by atoms with Crippen molar-refractivity contribution >= 4 is 18.0 Å². The summed E-state index contributed by atoms with van der Waals surface area (Å²) in [4.78, 5) is 37.7. The van der Waals surface area contributed by atoms with Gasteiger partial charge in [-0.15, -0.1) is 0 Å². The maximum atomic E-state index is 13.1. The predicted octanol–water partition coefficient (Wildman–Crippen LogP) is 3.27. The first kappa shape index (κ1) is 21.5. The van der Waals surface area contributed by atoms with Crippen LogP contribution in [0.25, 0.3) is 0 Å². The minimum Gasteiger partial charge on any atom is -0.481 e. The van der Waals surface area contributed by atoms with Crippen molar-refractivity contribution < 1.29 is 29.0 Å². The van der Waals surface area contributed by atoms with Crippen LogP contribution in [0.1, 0.15) is 24.0 Å². The third-order valence-corrected chi connectivity index (χ3v) is 5.01. The van der Waals surface area contributed by atoms with Crippen LogP contribution in [0.15, 0.2) is 60.7 Å². The lowest BCUT2D eigenvalue weighted by atomic mass is 9.98. The van der Waals surface area contributed by atoms with Crippen LogP contribution >= 0.6 is 0 Å². The molecule has 1 fully saturated rings. The van der Waals surface area contributed by atoms with Crippen molar-refractivity contribution in [1.29, 1.82) is 0 Å². The Labute approximate surface area is 175 Å². The summed E-state index contributed by atoms with van der Waals surface area (Å²) in [5.74, 6) is -2.48. The summed E-state index contributed by atoms with van der Waals surface area (Å²) >= 11 is 0. The zero-order valence-corrected chi connectivity index (χ0v) is 16.6. The van der Waals surface area contributed by atoms with Crippen molar-refractivity contribution in [3.8, 4) is 0 Å². The molecule has 1 heterocycles. The average Bonchev–Trinajstić information content (AvgIpc) is 3.11. The van der Waals surface area contributed by atoms with Crippen LogP contribution in [0.5, 0.6) is 0 Å². The van der Waals surface area contributed by atoms with Gasteiger partial charge >= 0.3 is 12.1 Å². The lowest BCUT2D eigenvalue weighted by molar-refractivity contribution is -0.144. The molecule has 7 nitrogen and oxygen atoms in total. The quantitative estimate of drug-likeness (QED) is 0.603. The van der Waals surface area contributed by atoms with E-state index in [9.17, 15) is 19.5 Å². The largest absolute Gasteiger partial charge is 0.481 e. The zero-order chi connectivity index (χ0) is 21.3. The number of carbonyl (C=O) groups excluding carboxylic acids is 2. The molecule has 0 bridgehead atoms. The van der Waals surface area contributed by atoms with Crippen molar-refractivity contribution in [3.63, 3.8) is 0 Å². The molecule has 158 valence electrons. The lowest BCUT2D eigenvalue weighted by Crippen LogP contribution is -2.44. The summed E-state index contributed by atoms with van der Waals surface area (Å²) in [5.41, 5.74) is 1.96. The number of carboxylic acid groups (broad SMARTS) is 1. The fourth-order valence-electron chi connectivity index (χ4n) is 3.48. The smallest absolute Gasteiger partial charge is 0.416 e. The Morgan fingerprint density at radius 1 is 1.07 bits per heavy atom. The number of benzene rings is 2. The minimum absolute atomic E-state index is 0.101. The topological polar surface area (TPSA) is 93.1 Å². The van der Waals surface area contributed by atoms with Crippen LogP contribution < -0.4 is 0 Å². The normalized spacial score (nSPS) is 16.9. The van der Waals surface area contributed by atoms with Crippen LogP contribution in [0.2, 0.25) is 0 Å². The highest BCUT2D eigenvalue weighted by Crippen LogP contribution is 2.23. The molecule has 7 heteroatoms. The molecule has 0 saturated carbocycles. The van der Waals surface area contributed by atoms with Crippen LogP contribution in [0.4, 0.5) is 4.79 Å². The van der Waals surface area contributed by atoms with Gasteiger partial charge in [0.1, 0.15) is 6.61 Å². The van der Waals surface area contributed by atoms with Gasteiger partial charge in [0.2, 0.25) is 5.91 Å². The Hall–Kier alpha value is -3.19. The van der Waals surface area contributed by atoms with E-state index in [1.165, 1.54) is 0 Å². The van der Waals surface area contributed by atoms with Gasteiger partial charge in [0, 0.05) is 6.61 Å². The highest BCUT2D eigenvalue weighted by Gasteiger charge is 2.41. The van der Waals surface area contributed by atoms with E-state index in [-0.39, 0.29) is 26.1 Å². The molecule has 1 N–H and O–H groups in total. The third kappa shape index (κ3) is 5.90. The molecular formula is C23H25NO6. The molecule has 2 aromatic rings. The summed E-state index contributed by atoms with van der Waals surface area (Å²) in [6.07, 6.45) is -0.417. The highest BCUT2D eigenvalue weighted by atomic mass is 16.6. The number of imide groups is 1. The molecule has 1 aliphatic rings. The molecule has 1 saturated heterocycles. The fraction of sp³-hybridized carbons (Fsp3) is 0.348. The van der Waals surface area contributed by atoms with Gasteiger partial charge in [-0.1, -0.05) is 60.7 Å². The van der Waals surface area contributed by atoms with E-state index in [1.54, 1.807) is 0 Å². The third-order valence-electron chi connectivity index (χ3n) is 5.01. The molecule has 0 aliphatic carbocycles. The van der Waals surface area contributed by atoms with Gasteiger partial charge in [-0.2, -0.15) is 0 Å². The van der Waals surface area contributed by atoms with E-state index in [4.69, 9.17) is 9.47 Å². The number of carboxylic acids is 1. The lowest BCUT2D eigenvalue weighted by Gasteiger charge is -2.24. The van der Waals surface area contributed by atoms with Crippen molar-refractivity contribution in [3.05, 3.63) is 71.8 Å². The van der Waals surface area contributed by atoms with Gasteiger partial charge in [-0.25, -0.2) is 9.69 Å². The van der Waals surface area contributed by atoms with Gasteiger partial charge in [0.15, 0.2) is 0 Å². The van der Waals surface area contributed by atoms with E-state index in [2.05, 4.69) is 0 Å². The number of aliphatic carboxylic acids is 1. The number of nitrogens with zero attached hydrogens (tertiary/aromatic N) is 1. The van der Waals surface area contributed by atoms with E-state index < -0.39 is 29.9 Å². The van der Waals surface area contributed by atoms with Gasteiger partial charge in [-0.3, -0.25) is 9.59 Å². The first-order valence-electron chi connectivity index (χ1n) is 9.92. The molecule has 0 radical (unpaired) electrons. The Morgan fingerprint density at radius 2 is 1.70 bits per heavy atom. The predicted molar refractivity (Wildman–Crippen MR) is 109 cm³/mol. The Morgan fingerprint density at radius 3 is 2.33 bits per heavy atom. The van der Waals surface area contributed by atoms with E-state index in [0.717, 1.165) is 16.0 Å². The van der Waals surface area contributed by atoms with Crippen molar-refractivity contribution in [2.24, 2.45) is 5.92 Å². The van der Waals surface area contributed by atoms with Gasteiger partial charge in [-0.05, 0) is 24.0 Å². The second-order valence-corrected chi connectivity index (χ2v) is 7.25. The Bertz CT molecular complexity index is 855. The number of hydrogen-bond acceptors (Lipinski definition) is 5. The minimum atomic E-state index is -1.09. The number of carbonyl (C=O) groups is 3. The molecule has 1 aliphatic heterocycles. The van der Waals surface area contributed by atoms with Gasteiger partial charge in [0.05, 0.1) is 25.0 Å². The summed E-state index contributed by atoms with van der Waals surface area (Å²) in [6.45, 7) is 0.686. The molecule has 30 heavy (non-hydrogen) atoms. The molecule has 2 aromatic carbocycles. The summed E-state index contributed by atoms with van der Waals surface area (Å²) in [6, 6.07) is 18.6. The number of hydrogen-bond donors (Lipinski definition) is 1. The monoisotopic (exact) mass is 411 g/mol. The number of cyclic esters (lactones) is 1. The van der Waals surface area contributed by atoms with Crippen molar-refractivity contribution in [2.45, 2.75) is 31.9 Å². The molecular weight excluding hydrogens is 386 g/mol. The van der Waals surface area contributed by atoms with Gasteiger partial charge < -0.3 is 14.6 Å². The number of amides is 2. The van der Waals surface area contributed by atoms with Crippen LogP contribution in [-0.4, -0.2) is 47.2 Å². The molecule has 2 amide bonds. The Balaban J connectivity index is 1.62. The van der Waals surface area contributed by atoms with Crippen LogP contribution in [0, 0.1) is 5.92 Å². The van der Waals surface area contributed by atoms with Crippen LogP contribution in [-0.2, 0) is 32.1 Å². The molecule has 0 aromatic heterocycles. The van der Waals surface area contributed by atoms with Crippen LogP contribution in [0.3, 0.4) is 0 Å². The summed E-state index contributed by atoms with van der Waals surface area (Å²) in [5, 5.41) is 9.25. The highest BCUT2D eigenvalue weighted by molar-refractivity contribution is 5.96. The van der Waals surface area contributed by atoms with Crippen molar-refractivity contribution in [1.82, 2.24) is 4.90 Å². The SMILES string of the molecule is O=C(O)CC(CCOCc1ccccc1)C(=O)N1C(=O)OCC1Cc1ccccc1. The van der Waals surface area contributed by atoms with E-state index in [0.29, 0.717) is 13.0 Å². The maximum absolute atomic E-state index is 13.1. The molecule has 3 rings (SSSR count). The summed E-state index contributed by atoms with van der Waals surface area (Å²) < 4.78 is 10.7.